The standard InChI is InChI=1S/C19H20N2O4S/c1-3-4-13-5-6-16(17(9-13)24-2)25-11-14(22)10-21-12-20-18-15(19(21)23)7-8-26-18/h3-9,12,14,22H,10-11H2,1-2H3/b4-3+. The van der Waals surface area contributed by atoms with Gasteiger partial charge in [0, 0.05) is 0 Å². The van der Waals surface area contributed by atoms with E-state index in [9.17, 15) is 9.90 Å². The fourth-order valence-corrected chi connectivity index (χ4v) is 3.31. The van der Waals surface area contributed by atoms with Gasteiger partial charge in [0.15, 0.2) is 11.5 Å². The molecule has 1 N–H and O–H groups in total. The van der Waals surface area contributed by atoms with E-state index < -0.39 is 6.10 Å². The van der Waals surface area contributed by atoms with E-state index in [1.165, 1.54) is 22.2 Å². The first-order chi connectivity index (χ1) is 12.6. The van der Waals surface area contributed by atoms with Gasteiger partial charge in [-0.25, -0.2) is 4.98 Å². The molecule has 3 rings (SSSR count). The lowest BCUT2D eigenvalue weighted by atomic mass is 10.2. The average Bonchev–Trinajstić information content (AvgIpc) is 3.12. The van der Waals surface area contributed by atoms with Crippen molar-refractivity contribution < 1.29 is 14.6 Å². The van der Waals surface area contributed by atoms with E-state index in [2.05, 4.69) is 4.98 Å². The minimum Gasteiger partial charge on any atom is -0.493 e. The van der Waals surface area contributed by atoms with Crippen LogP contribution < -0.4 is 15.0 Å². The number of nitrogens with zero attached hydrogens (tertiary/aromatic N) is 2. The number of allylic oxidation sites excluding steroid dienone is 1. The molecule has 3 aromatic rings. The number of fused-ring (bicyclic) bond motifs is 1. The monoisotopic (exact) mass is 372 g/mol. The van der Waals surface area contributed by atoms with E-state index in [-0.39, 0.29) is 18.7 Å². The molecule has 7 heteroatoms. The van der Waals surface area contributed by atoms with Crippen molar-refractivity contribution in [3.8, 4) is 11.5 Å². The minimum absolute atomic E-state index is 0.0352. The molecule has 0 amide bonds. The third-order valence-corrected chi connectivity index (χ3v) is 4.66. The summed E-state index contributed by atoms with van der Waals surface area (Å²) in [4.78, 5) is 17.3. The number of thiophene rings is 1. The quantitative estimate of drug-likeness (QED) is 0.690. The fourth-order valence-electron chi connectivity index (χ4n) is 2.59. The van der Waals surface area contributed by atoms with Gasteiger partial charge in [-0.3, -0.25) is 9.36 Å². The summed E-state index contributed by atoms with van der Waals surface area (Å²) in [5, 5.41) is 12.6. The maximum Gasteiger partial charge on any atom is 0.262 e. The third-order valence-electron chi connectivity index (χ3n) is 3.84. The molecule has 2 aromatic heterocycles. The Kier molecular flexibility index (Phi) is 5.70. The first-order valence-corrected chi connectivity index (χ1v) is 9.04. The Morgan fingerprint density at radius 2 is 2.19 bits per heavy atom. The number of ether oxygens (including phenoxy) is 2. The summed E-state index contributed by atoms with van der Waals surface area (Å²) in [5.41, 5.74) is 0.836. The fraction of sp³-hybridized carbons (Fsp3) is 0.263. The maximum absolute atomic E-state index is 12.4. The summed E-state index contributed by atoms with van der Waals surface area (Å²) in [7, 11) is 1.57. The highest BCUT2D eigenvalue weighted by Gasteiger charge is 2.12. The Labute approximate surface area is 155 Å². The van der Waals surface area contributed by atoms with Crippen LogP contribution in [0.25, 0.3) is 16.3 Å². The molecule has 0 aliphatic carbocycles. The van der Waals surface area contributed by atoms with E-state index >= 15 is 0 Å². The SMILES string of the molecule is C/C=C/c1ccc(OCC(O)Cn2cnc3sccc3c2=O)c(OC)c1. The molecule has 1 aromatic carbocycles. The lowest BCUT2D eigenvalue weighted by Crippen LogP contribution is -2.30. The van der Waals surface area contributed by atoms with Crippen molar-refractivity contribution in [1.29, 1.82) is 0 Å². The smallest absolute Gasteiger partial charge is 0.262 e. The molecule has 26 heavy (non-hydrogen) atoms. The zero-order valence-corrected chi connectivity index (χ0v) is 15.4. The molecule has 0 radical (unpaired) electrons. The number of aliphatic hydroxyl groups excluding tert-OH is 1. The summed E-state index contributed by atoms with van der Waals surface area (Å²) in [6.07, 6.45) is 4.50. The summed E-state index contributed by atoms with van der Waals surface area (Å²) < 4.78 is 12.4. The van der Waals surface area contributed by atoms with Gasteiger partial charge in [-0.05, 0) is 36.1 Å². The normalized spacial score (nSPS) is 12.6. The summed E-state index contributed by atoms with van der Waals surface area (Å²) in [6, 6.07) is 7.31. The number of benzene rings is 1. The molecule has 0 aliphatic heterocycles. The number of hydrogen-bond donors (Lipinski definition) is 1. The van der Waals surface area contributed by atoms with E-state index in [0.717, 1.165) is 5.56 Å². The van der Waals surface area contributed by atoms with Crippen molar-refractivity contribution in [2.45, 2.75) is 19.6 Å². The first-order valence-electron chi connectivity index (χ1n) is 8.16. The molecule has 1 unspecified atom stereocenters. The number of hydrogen-bond acceptors (Lipinski definition) is 6. The van der Waals surface area contributed by atoms with Gasteiger partial charge in [-0.15, -0.1) is 11.3 Å². The molecule has 0 aliphatic rings. The second-order valence-corrected chi connectivity index (χ2v) is 6.61. The first kappa shape index (κ1) is 18.2. The molecular formula is C19H20N2O4S. The van der Waals surface area contributed by atoms with Crippen molar-refractivity contribution >= 4 is 27.6 Å². The van der Waals surface area contributed by atoms with Gasteiger partial charge in [-0.1, -0.05) is 18.2 Å². The molecule has 1 atom stereocenters. The van der Waals surface area contributed by atoms with Crippen LogP contribution >= 0.6 is 11.3 Å². The van der Waals surface area contributed by atoms with Crippen molar-refractivity contribution in [3.05, 3.63) is 58.0 Å². The van der Waals surface area contributed by atoms with E-state index in [0.29, 0.717) is 21.7 Å². The topological polar surface area (TPSA) is 73.6 Å². The van der Waals surface area contributed by atoms with Crippen LogP contribution in [0.1, 0.15) is 12.5 Å². The van der Waals surface area contributed by atoms with Crippen LogP contribution in [0.2, 0.25) is 0 Å². The van der Waals surface area contributed by atoms with E-state index in [1.807, 2.05) is 36.6 Å². The Morgan fingerprint density at radius 1 is 1.35 bits per heavy atom. The summed E-state index contributed by atoms with van der Waals surface area (Å²) >= 11 is 1.41. The number of aliphatic hydroxyl groups is 1. The lowest BCUT2D eigenvalue weighted by molar-refractivity contribution is 0.0900. The highest BCUT2D eigenvalue weighted by molar-refractivity contribution is 7.16. The van der Waals surface area contributed by atoms with Gasteiger partial charge in [0.05, 0.1) is 25.4 Å². The number of rotatable bonds is 7. The van der Waals surface area contributed by atoms with Crippen LogP contribution in [0.4, 0.5) is 0 Å². The second-order valence-electron chi connectivity index (χ2n) is 5.72. The number of aromatic nitrogens is 2. The second kappa shape index (κ2) is 8.16. The largest absolute Gasteiger partial charge is 0.493 e. The Balaban J connectivity index is 1.67. The lowest BCUT2D eigenvalue weighted by Gasteiger charge is -2.15. The van der Waals surface area contributed by atoms with Gasteiger partial charge < -0.3 is 14.6 Å². The number of methoxy groups -OCH3 is 1. The Morgan fingerprint density at radius 3 is 2.96 bits per heavy atom. The highest BCUT2D eigenvalue weighted by Crippen LogP contribution is 2.28. The molecule has 0 fully saturated rings. The van der Waals surface area contributed by atoms with Crippen LogP contribution in [-0.4, -0.2) is 34.5 Å². The Hall–Kier alpha value is -2.64. The molecule has 2 heterocycles. The maximum atomic E-state index is 12.4. The van der Waals surface area contributed by atoms with Crippen molar-refractivity contribution in [3.63, 3.8) is 0 Å². The van der Waals surface area contributed by atoms with Crippen LogP contribution in [0, 0.1) is 0 Å². The highest BCUT2D eigenvalue weighted by atomic mass is 32.1. The van der Waals surface area contributed by atoms with Gasteiger partial charge in [0.2, 0.25) is 0 Å². The molecule has 0 saturated heterocycles. The van der Waals surface area contributed by atoms with Crippen LogP contribution in [-0.2, 0) is 6.54 Å². The van der Waals surface area contributed by atoms with Crippen molar-refractivity contribution in [2.75, 3.05) is 13.7 Å². The molecule has 136 valence electrons. The van der Waals surface area contributed by atoms with Crippen molar-refractivity contribution in [1.82, 2.24) is 9.55 Å². The van der Waals surface area contributed by atoms with Crippen LogP contribution in [0.5, 0.6) is 11.5 Å². The van der Waals surface area contributed by atoms with E-state index in [1.54, 1.807) is 19.2 Å². The molecule has 0 spiro atoms. The average molecular weight is 372 g/mol. The van der Waals surface area contributed by atoms with E-state index in [4.69, 9.17) is 9.47 Å². The molecule has 0 bridgehead atoms. The summed E-state index contributed by atoms with van der Waals surface area (Å²) in [5.74, 6) is 1.13. The van der Waals surface area contributed by atoms with Crippen LogP contribution in [0.15, 0.2) is 46.8 Å². The molecule has 6 nitrogen and oxygen atoms in total. The minimum atomic E-state index is -0.856. The zero-order chi connectivity index (χ0) is 18.5. The molecular weight excluding hydrogens is 352 g/mol. The van der Waals surface area contributed by atoms with Gasteiger partial charge in [0.25, 0.3) is 5.56 Å². The predicted molar refractivity (Wildman–Crippen MR) is 103 cm³/mol. The predicted octanol–water partition coefficient (Wildman–Crippen LogP) is 2.94. The third kappa shape index (κ3) is 3.95. The molecule has 0 saturated carbocycles. The summed E-state index contributed by atoms with van der Waals surface area (Å²) in [6.45, 7) is 2.08. The zero-order valence-electron chi connectivity index (χ0n) is 14.6. The van der Waals surface area contributed by atoms with Gasteiger partial charge in [0.1, 0.15) is 17.5 Å². The van der Waals surface area contributed by atoms with Gasteiger partial charge >= 0.3 is 0 Å². The van der Waals surface area contributed by atoms with Crippen LogP contribution in [0.3, 0.4) is 0 Å². The van der Waals surface area contributed by atoms with Crippen molar-refractivity contribution in [2.24, 2.45) is 0 Å². The van der Waals surface area contributed by atoms with Gasteiger partial charge in [-0.2, -0.15) is 0 Å². The Bertz CT molecular complexity index is 977.